The molecule has 0 saturated heterocycles. The molecule has 7 heteroatoms. The zero-order chi connectivity index (χ0) is 17.4. The summed E-state index contributed by atoms with van der Waals surface area (Å²) in [7, 11) is 0. The van der Waals surface area contributed by atoms with E-state index in [1.807, 2.05) is 0 Å². The van der Waals surface area contributed by atoms with Crippen LogP contribution in [0, 0.1) is 17.0 Å². The van der Waals surface area contributed by atoms with Gasteiger partial charge in [-0.1, -0.05) is 6.07 Å². The lowest BCUT2D eigenvalue weighted by molar-refractivity contribution is -0.385. The van der Waals surface area contributed by atoms with E-state index in [2.05, 4.69) is 0 Å². The lowest BCUT2D eigenvalue weighted by Gasteiger charge is -2.05. The van der Waals surface area contributed by atoms with Crippen LogP contribution in [-0.4, -0.2) is 16.3 Å². The molecule has 0 bridgehead atoms. The lowest BCUT2D eigenvalue weighted by Crippen LogP contribution is -2.06. The van der Waals surface area contributed by atoms with Crippen LogP contribution in [-0.2, 0) is 0 Å². The maximum absolute atomic E-state index is 12.7. The fourth-order valence-electron chi connectivity index (χ4n) is 2.49. The molecular formula is C17H11NO6. The molecule has 0 fully saturated rings. The molecule has 0 amide bonds. The topological polar surface area (TPSA) is 111 Å². The van der Waals surface area contributed by atoms with Crippen LogP contribution in [0.2, 0.25) is 0 Å². The van der Waals surface area contributed by atoms with Crippen LogP contribution >= 0.6 is 0 Å². The smallest absolute Gasteiger partial charge is 0.276 e. The van der Waals surface area contributed by atoms with Gasteiger partial charge in [-0.05, 0) is 30.7 Å². The van der Waals surface area contributed by atoms with E-state index in [9.17, 15) is 24.8 Å². The predicted octanol–water partition coefficient (Wildman–Crippen LogP) is 3.19. The second kappa shape index (κ2) is 5.62. The maximum Gasteiger partial charge on any atom is 0.276 e. The average Bonchev–Trinajstić information content (AvgIpc) is 2.56. The van der Waals surface area contributed by atoms with Gasteiger partial charge in [-0.2, -0.15) is 0 Å². The molecule has 0 aliphatic carbocycles. The van der Waals surface area contributed by atoms with Crippen molar-refractivity contribution in [1.29, 1.82) is 0 Å². The minimum Gasteiger partial charge on any atom is -0.507 e. The Hall–Kier alpha value is -3.48. The largest absolute Gasteiger partial charge is 0.507 e. The van der Waals surface area contributed by atoms with E-state index < -0.39 is 4.92 Å². The van der Waals surface area contributed by atoms with E-state index >= 15 is 0 Å². The molecule has 0 spiro atoms. The number of benzene rings is 2. The first-order valence-corrected chi connectivity index (χ1v) is 6.91. The Kier molecular flexibility index (Phi) is 3.61. The van der Waals surface area contributed by atoms with Crippen LogP contribution in [0.5, 0.6) is 5.75 Å². The third-order valence-corrected chi connectivity index (χ3v) is 3.75. The van der Waals surface area contributed by atoms with Crippen LogP contribution in [0.3, 0.4) is 0 Å². The molecule has 24 heavy (non-hydrogen) atoms. The number of carbonyl (C=O) groups excluding carboxylic acids is 1. The van der Waals surface area contributed by atoms with Gasteiger partial charge < -0.3 is 9.52 Å². The summed E-state index contributed by atoms with van der Waals surface area (Å²) in [5, 5.41) is 20.7. The molecule has 0 atom stereocenters. The van der Waals surface area contributed by atoms with E-state index in [0.717, 1.165) is 0 Å². The Labute approximate surface area is 134 Å². The fourth-order valence-corrected chi connectivity index (χ4v) is 2.49. The molecule has 0 aliphatic rings. The predicted molar refractivity (Wildman–Crippen MR) is 86.4 cm³/mol. The van der Waals surface area contributed by atoms with Crippen LogP contribution in [0.4, 0.5) is 5.69 Å². The number of rotatable bonds is 3. The van der Waals surface area contributed by atoms with Crippen molar-refractivity contribution in [2.45, 2.75) is 6.92 Å². The van der Waals surface area contributed by atoms with Gasteiger partial charge in [0.15, 0.2) is 6.29 Å². The van der Waals surface area contributed by atoms with Crippen molar-refractivity contribution in [1.82, 2.24) is 0 Å². The summed E-state index contributed by atoms with van der Waals surface area (Å²) in [6, 6.07) is 6.79. The summed E-state index contributed by atoms with van der Waals surface area (Å²) in [6.07, 6.45) is 1.67. The number of fused-ring (bicyclic) bond motifs is 1. The van der Waals surface area contributed by atoms with Crippen molar-refractivity contribution in [3.05, 3.63) is 68.1 Å². The number of nitro benzene ring substituents is 1. The summed E-state index contributed by atoms with van der Waals surface area (Å²) < 4.78 is 5.37. The number of aldehydes is 1. The summed E-state index contributed by atoms with van der Waals surface area (Å²) in [4.78, 5) is 34.0. The van der Waals surface area contributed by atoms with E-state index in [0.29, 0.717) is 17.4 Å². The molecule has 0 saturated carbocycles. The molecule has 0 aliphatic heterocycles. The van der Waals surface area contributed by atoms with Gasteiger partial charge in [0.05, 0.1) is 27.5 Å². The first-order chi connectivity index (χ1) is 11.4. The van der Waals surface area contributed by atoms with E-state index in [-0.39, 0.29) is 39.0 Å². The second-order valence-electron chi connectivity index (χ2n) is 5.26. The third-order valence-electron chi connectivity index (χ3n) is 3.75. The van der Waals surface area contributed by atoms with Gasteiger partial charge in [-0.15, -0.1) is 0 Å². The minimum atomic E-state index is -0.543. The zero-order valence-corrected chi connectivity index (χ0v) is 12.5. The summed E-state index contributed by atoms with van der Waals surface area (Å²) in [5.41, 5.74) is 0.585. The van der Waals surface area contributed by atoms with Crippen molar-refractivity contribution < 1.29 is 19.2 Å². The highest BCUT2D eigenvalue weighted by Gasteiger charge is 2.17. The highest BCUT2D eigenvalue weighted by Crippen LogP contribution is 2.27. The first-order valence-electron chi connectivity index (χ1n) is 6.91. The van der Waals surface area contributed by atoms with Crippen molar-refractivity contribution in [3.8, 4) is 16.9 Å². The highest BCUT2D eigenvalue weighted by atomic mass is 16.6. The van der Waals surface area contributed by atoms with Gasteiger partial charge in [-0.3, -0.25) is 19.7 Å². The summed E-state index contributed by atoms with van der Waals surface area (Å²) in [5.74, 6) is -0.189. The van der Waals surface area contributed by atoms with Crippen molar-refractivity contribution in [2.75, 3.05) is 0 Å². The van der Waals surface area contributed by atoms with E-state index in [1.54, 1.807) is 0 Å². The molecule has 1 heterocycles. The Balaban J connectivity index is 2.26. The van der Waals surface area contributed by atoms with Gasteiger partial charge in [-0.25, -0.2) is 0 Å². The second-order valence-corrected chi connectivity index (χ2v) is 5.26. The fraction of sp³-hybridized carbons (Fsp3) is 0.0588. The number of phenolic OH excluding ortho intramolecular Hbond substituents is 1. The first kappa shape index (κ1) is 15.4. The molecule has 0 unspecified atom stereocenters. The van der Waals surface area contributed by atoms with E-state index in [4.69, 9.17) is 4.42 Å². The number of aromatic hydroxyl groups is 1. The average molecular weight is 325 g/mol. The molecule has 120 valence electrons. The molecule has 2 aromatic carbocycles. The molecule has 1 N–H and O–H groups in total. The monoisotopic (exact) mass is 325 g/mol. The number of nitrogens with zero attached hydrogens (tertiary/aromatic N) is 1. The van der Waals surface area contributed by atoms with Crippen molar-refractivity contribution >= 4 is 22.9 Å². The maximum atomic E-state index is 12.7. The normalized spacial score (nSPS) is 10.7. The van der Waals surface area contributed by atoms with Crippen LogP contribution in [0.25, 0.3) is 22.1 Å². The number of aryl methyl sites for hydroxylation is 1. The van der Waals surface area contributed by atoms with Gasteiger partial charge in [0.25, 0.3) is 5.69 Å². The van der Waals surface area contributed by atoms with Gasteiger partial charge in [0, 0.05) is 5.56 Å². The standard InChI is InChI=1S/C17H11NO6/c1-9-4-12-16(6-14(9)18(22)23)24-8-13(17(12)21)10-2-3-15(20)11(5-10)7-19/h2-8,20H,1H3. The van der Waals surface area contributed by atoms with Gasteiger partial charge >= 0.3 is 0 Å². The molecule has 3 rings (SSSR count). The SMILES string of the molecule is Cc1cc2c(=O)c(-c3ccc(O)c(C=O)c3)coc2cc1[N+](=O)[O-]. The summed E-state index contributed by atoms with van der Waals surface area (Å²) >= 11 is 0. The zero-order valence-electron chi connectivity index (χ0n) is 12.5. The van der Waals surface area contributed by atoms with Crippen molar-refractivity contribution in [2.24, 2.45) is 0 Å². The Bertz CT molecular complexity index is 1050. The number of nitro groups is 1. The van der Waals surface area contributed by atoms with Crippen molar-refractivity contribution in [3.63, 3.8) is 0 Å². The Morgan fingerprint density at radius 2 is 2.00 bits per heavy atom. The number of carbonyl (C=O) groups is 1. The Morgan fingerprint density at radius 1 is 1.25 bits per heavy atom. The molecule has 7 nitrogen and oxygen atoms in total. The molecule has 3 aromatic rings. The molecule has 1 aromatic heterocycles. The number of hydrogen-bond acceptors (Lipinski definition) is 6. The molecular weight excluding hydrogens is 314 g/mol. The number of hydrogen-bond donors (Lipinski definition) is 1. The summed E-state index contributed by atoms with van der Waals surface area (Å²) in [6.45, 7) is 1.54. The molecule has 0 radical (unpaired) electrons. The van der Waals surface area contributed by atoms with Crippen LogP contribution in [0.1, 0.15) is 15.9 Å². The van der Waals surface area contributed by atoms with Crippen LogP contribution in [0.15, 0.2) is 45.8 Å². The third kappa shape index (κ3) is 2.41. The van der Waals surface area contributed by atoms with Gasteiger partial charge in [0.1, 0.15) is 17.6 Å². The quantitative estimate of drug-likeness (QED) is 0.450. The minimum absolute atomic E-state index is 0.0480. The van der Waals surface area contributed by atoms with Gasteiger partial charge in [0.2, 0.25) is 5.43 Å². The highest BCUT2D eigenvalue weighted by molar-refractivity contribution is 5.86. The Morgan fingerprint density at radius 3 is 2.67 bits per heavy atom. The van der Waals surface area contributed by atoms with Crippen LogP contribution < -0.4 is 5.43 Å². The van der Waals surface area contributed by atoms with E-state index in [1.165, 1.54) is 43.5 Å². The number of phenols is 1. The lowest BCUT2D eigenvalue weighted by atomic mass is 10.0.